The van der Waals surface area contributed by atoms with Crippen LogP contribution in [-0.4, -0.2) is 14.5 Å². The van der Waals surface area contributed by atoms with Crippen LogP contribution in [0.5, 0.6) is 0 Å². The van der Waals surface area contributed by atoms with Gasteiger partial charge in [-0.25, -0.2) is 14.4 Å². The topological polar surface area (TPSA) is 60.9 Å². The monoisotopic (exact) mass is 371 g/mol. The van der Waals surface area contributed by atoms with Crippen molar-refractivity contribution in [1.82, 2.24) is 14.5 Å². The minimum absolute atomic E-state index is 0.108. The number of rotatable bonds is 3. The van der Waals surface area contributed by atoms with Gasteiger partial charge in [-0.15, -0.1) is 0 Å². The number of hydrogen-bond donors (Lipinski definition) is 0. The molecule has 136 valence electrons. The van der Waals surface area contributed by atoms with Gasteiger partial charge in [0.2, 0.25) is 0 Å². The van der Waals surface area contributed by atoms with Gasteiger partial charge in [-0.1, -0.05) is 18.2 Å². The van der Waals surface area contributed by atoms with E-state index in [4.69, 9.17) is 4.42 Å². The molecule has 3 aromatic heterocycles. The molecule has 0 atom stereocenters. The Kier molecular flexibility index (Phi) is 3.76. The second kappa shape index (κ2) is 6.42. The van der Waals surface area contributed by atoms with E-state index < -0.39 is 0 Å². The fraction of sp³-hybridized carbons (Fsp3) is 0.0455. The number of benzene rings is 2. The van der Waals surface area contributed by atoms with Crippen LogP contribution in [0.2, 0.25) is 0 Å². The molecule has 0 N–H and O–H groups in total. The van der Waals surface area contributed by atoms with Crippen molar-refractivity contribution < 1.29 is 8.81 Å². The molecular weight excluding hydrogens is 357 g/mol. The molecule has 28 heavy (non-hydrogen) atoms. The maximum atomic E-state index is 14.8. The first-order valence-electron chi connectivity index (χ1n) is 8.76. The lowest BCUT2D eigenvalue weighted by Gasteiger charge is -2.11. The van der Waals surface area contributed by atoms with E-state index in [0.717, 1.165) is 22.1 Å². The van der Waals surface area contributed by atoms with Gasteiger partial charge in [0, 0.05) is 17.1 Å². The second-order valence-electron chi connectivity index (χ2n) is 6.51. The number of fused-ring (bicyclic) bond motifs is 2. The molecule has 5 aromatic rings. The van der Waals surface area contributed by atoms with Gasteiger partial charge >= 0.3 is 0 Å². The van der Waals surface area contributed by atoms with Gasteiger partial charge in [-0.05, 0) is 47.5 Å². The Morgan fingerprint density at radius 3 is 2.75 bits per heavy atom. The minimum Gasteiger partial charge on any atom is -0.464 e. The summed E-state index contributed by atoms with van der Waals surface area (Å²) in [6, 6.07) is 16.1. The second-order valence-corrected chi connectivity index (χ2v) is 6.51. The van der Waals surface area contributed by atoms with Crippen molar-refractivity contribution in [3.63, 3.8) is 0 Å². The molecule has 0 aliphatic rings. The van der Waals surface area contributed by atoms with Crippen LogP contribution in [0.3, 0.4) is 0 Å². The zero-order valence-electron chi connectivity index (χ0n) is 14.7. The lowest BCUT2D eigenvalue weighted by Crippen LogP contribution is -2.21. The quantitative estimate of drug-likeness (QED) is 0.472. The van der Waals surface area contributed by atoms with E-state index in [9.17, 15) is 9.18 Å². The van der Waals surface area contributed by atoms with Crippen molar-refractivity contribution in [1.29, 1.82) is 0 Å². The number of halogens is 1. The SMILES string of the molecule is O=c1cnc2ncccc2n1Cc1ccc(-c2ccc3occc3c2)cc1F. The molecule has 5 nitrogen and oxygen atoms in total. The molecule has 6 heteroatoms. The first-order chi connectivity index (χ1) is 13.7. The van der Waals surface area contributed by atoms with E-state index in [1.54, 1.807) is 30.7 Å². The molecule has 0 aliphatic heterocycles. The molecule has 3 heterocycles. The lowest BCUT2D eigenvalue weighted by molar-refractivity contribution is 0.599. The smallest absolute Gasteiger partial charge is 0.269 e. The van der Waals surface area contributed by atoms with Gasteiger partial charge in [0.05, 0.1) is 24.5 Å². The summed E-state index contributed by atoms with van der Waals surface area (Å²) >= 11 is 0. The van der Waals surface area contributed by atoms with Crippen LogP contribution in [0.25, 0.3) is 33.3 Å². The van der Waals surface area contributed by atoms with Crippen molar-refractivity contribution in [3.05, 3.63) is 95.0 Å². The maximum Gasteiger partial charge on any atom is 0.269 e. The summed E-state index contributed by atoms with van der Waals surface area (Å²) < 4.78 is 21.7. The fourth-order valence-electron chi connectivity index (χ4n) is 3.34. The predicted molar refractivity (Wildman–Crippen MR) is 105 cm³/mol. The van der Waals surface area contributed by atoms with Crippen LogP contribution in [0.15, 0.2) is 82.5 Å². The third-order valence-electron chi connectivity index (χ3n) is 4.79. The highest BCUT2D eigenvalue weighted by Crippen LogP contribution is 2.27. The van der Waals surface area contributed by atoms with E-state index in [-0.39, 0.29) is 17.9 Å². The zero-order chi connectivity index (χ0) is 19.1. The Morgan fingerprint density at radius 2 is 1.86 bits per heavy atom. The average molecular weight is 371 g/mol. The van der Waals surface area contributed by atoms with Crippen molar-refractivity contribution in [2.45, 2.75) is 6.54 Å². The zero-order valence-corrected chi connectivity index (χ0v) is 14.7. The van der Waals surface area contributed by atoms with Gasteiger partial charge in [0.15, 0.2) is 5.65 Å². The number of pyridine rings is 1. The highest BCUT2D eigenvalue weighted by Gasteiger charge is 2.11. The molecule has 0 radical (unpaired) electrons. The number of nitrogens with zero attached hydrogens (tertiary/aromatic N) is 3. The van der Waals surface area contributed by atoms with Gasteiger partial charge in [-0.3, -0.25) is 9.36 Å². The summed E-state index contributed by atoms with van der Waals surface area (Å²) in [6.45, 7) is 0.108. The Balaban J connectivity index is 1.54. The molecule has 2 aromatic carbocycles. The van der Waals surface area contributed by atoms with Gasteiger partial charge in [-0.2, -0.15) is 0 Å². The molecule has 0 fully saturated rings. The number of aromatic nitrogens is 3. The predicted octanol–water partition coefficient (Wildman–Crippen LogP) is 4.39. The van der Waals surface area contributed by atoms with Crippen molar-refractivity contribution >= 4 is 22.1 Å². The molecular formula is C22H14FN3O2. The van der Waals surface area contributed by atoms with E-state index in [2.05, 4.69) is 9.97 Å². The molecule has 0 amide bonds. The summed E-state index contributed by atoms with van der Waals surface area (Å²) in [4.78, 5) is 20.5. The largest absolute Gasteiger partial charge is 0.464 e. The van der Waals surface area contributed by atoms with E-state index >= 15 is 0 Å². The third-order valence-corrected chi connectivity index (χ3v) is 4.79. The van der Waals surface area contributed by atoms with Crippen molar-refractivity contribution in [3.8, 4) is 11.1 Å². The molecule has 0 spiro atoms. The highest BCUT2D eigenvalue weighted by atomic mass is 19.1. The Bertz CT molecular complexity index is 1390. The first-order valence-corrected chi connectivity index (χ1v) is 8.76. The van der Waals surface area contributed by atoms with Gasteiger partial charge in [0.25, 0.3) is 5.56 Å². The van der Waals surface area contributed by atoms with Gasteiger partial charge < -0.3 is 4.42 Å². The number of hydrogen-bond acceptors (Lipinski definition) is 4. The Labute approximate surface area is 158 Å². The molecule has 0 aliphatic carbocycles. The van der Waals surface area contributed by atoms with E-state index in [1.807, 2.05) is 30.3 Å². The van der Waals surface area contributed by atoms with Crippen LogP contribution >= 0.6 is 0 Å². The normalized spacial score (nSPS) is 11.3. The van der Waals surface area contributed by atoms with Crippen molar-refractivity contribution in [2.75, 3.05) is 0 Å². The summed E-state index contributed by atoms with van der Waals surface area (Å²) in [5, 5.41) is 0.962. The molecule has 0 bridgehead atoms. The van der Waals surface area contributed by atoms with Crippen LogP contribution in [0.1, 0.15) is 5.56 Å². The molecule has 0 unspecified atom stereocenters. The third kappa shape index (κ3) is 2.75. The van der Waals surface area contributed by atoms with Crippen LogP contribution < -0.4 is 5.56 Å². The summed E-state index contributed by atoms with van der Waals surface area (Å²) in [5.41, 5.74) is 3.60. The van der Waals surface area contributed by atoms with Crippen LogP contribution in [0.4, 0.5) is 4.39 Å². The highest BCUT2D eigenvalue weighted by molar-refractivity contribution is 5.83. The number of furan rings is 1. The lowest BCUT2D eigenvalue weighted by atomic mass is 10.0. The summed E-state index contributed by atoms with van der Waals surface area (Å²) in [7, 11) is 0. The standard InChI is InChI=1S/C22H14FN3O2/c23-18-11-15(14-5-6-20-16(10-14)7-9-28-20)3-4-17(18)13-26-19-2-1-8-24-22(19)25-12-21(26)27/h1-12H,13H2. The summed E-state index contributed by atoms with van der Waals surface area (Å²) in [6.07, 6.45) is 4.45. The summed E-state index contributed by atoms with van der Waals surface area (Å²) in [5.74, 6) is -0.370. The van der Waals surface area contributed by atoms with Gasteiger partial charge in [0.1, 0.15) is 11.4 Å². The maximum absolute atomic E-state index is 14.8. The molecule has 0 saturated heterocycles. The average Bonchev–Trinajstić information content (AvgIpc) is 3.19. The van der Waals surface area contributed by atoms with Crippen LogP contribution in [0, 0.1) is 5.82 Å². The van der Waals surface area contributed by atoms with E-state index in [0.29, 0.717) is 16.7 Å². The fourth-order valence-corrected chi connectivity index (χ4v) is 3.34. The van der Waals surface area contributed by atoms with Crippen molar-refractivity contribution in [2.24, 2.45) is 0 Å². The Morgan fingerprint density at radius 1 is 1.00 bits per heavy atom. The molecule has 5 rings (SSSR count). The van der Waals surface area contributed by atoms with E-state index in [1.165, 1.54) is 16.8 Å². The molecule has 0 saturated carbocycles. The minimum atomic E-state index is -0.370. The van der Waals surface area contributed by atoms with Crippen LogP contribution in [-0.2, 0) is 6.54 Å². The first kappa shape index (κ1) is 16.4. The Hall–Kier alpha value is -3.80.